The van der Waals surface area contributed by atoms with Crippen molar-refractivity contribution in [2.24, 2.45) is 16.7 Å². The third-order valence-corrected chi connectivity index (χ3v) is 6.40. The molecule has 1 saturated carbocycles. The van der Waals surface area contributed by atoms with Crippen molar-refractivity contribution in [1.82, 2.24) is 5.32 Å². The van der Waals surface area contributed by atoms with Crippen molar-refractivity contribution >= 4 is 0 Å². The third kappa shape index (κ3) is 4.43. The molecule has 1 aliphatic heterocycles. The smallest absolute Gasteiger partial charge is 0.0501 e. The summed E-state index contributed by atoms with van der Waals surface area (Å²) >= 11 is 0. The van der Waals surface area contributed by atoms with Crippen LogP contribution in [0.2, 0.25) is 0 Å². The van der Waals surface area contributed by atoms with Crippen LogP contribution < -0.4 is 5.32 Å². The lowest BCUT2D eigenvalue weighted by Gasteiger charge is -2.41. The summed E-state index contributed by atoms with van der Waals surface area (Å²) in [7, 11) is 0. The van der Waals surface area contributed by atoms with Gasteiger partial charge in [-0.05, 0) is 49.9 Å². The Balaban J connectivity index is 1.76. The Morgan fingerprint density at radius 1 is 1.14 bits per heavy atom. The molecule has 2 aliphatic rings. The van der Waals surface area contributed by atoms with E-state index >= 15 is 0 Å². The van der Waals surface area contributed by atoms with Crippen LogP contribution in [0, 0.1) is 16.7 Å². The summed E-state index contributed by atoms with van der Waals surface area (Å²) in [5, 5.41) is 13.5. The van der Waals surface area contributed by atoms with Crippen molar-refractivity contribution in [1.29, 1.82) is 0 Å². The van der Waals surface area contributed by atoms with Crippen molar-refractivity contribution in [3.63, 3.8) is 0 Å². The zero-order chi connectivity index (χ0) is 15.3. The zero-order valence-corrected chi connectivity index (χ0v) is 14.3. The molecule has 0 aromatic carbocycles. The second-order valence-electron chi connectivity index (χ2n) is 8.04. The van der Waals surface area contributed by atoms with Crippen LogP contribution in [0.15, 0.2) is 0 Å². The molecule has 1 heterocycles. The van der Waals surface area contributed by atoms with Crippen LogP contribution in [0.3, 0.4) is 0 Å². The van der Waals surface area contributed by atoms with Crippen LogP contribution in [-0.4, -0.2) is 37.5 Å². The quantitative estimate of drug-likeness (QED) is 0.790. The molecule has 21 heavy (non-hydrogen) atoms. The minimum atomic E-state index is 0.0672. The van der Waals surface area contributed by atoms with E-state index in [1.54, 1.807) is 0 Å². The molecule has 0 aromatic rings. The molecule has 1 aliphatic carbocycles. The van der Waals surface area contributed by atoms with E-state index in [0.717, 1.165) is 38.5 Å². The van der Waals surface area contributed by atoms with Crippen molar-refractivity contribution in [3.05, 3.63) is 0 Å². The van der Waals surface area contributed by atoms with Crippen molar-refractivity contribution < 1.29 is 9.84 Å². The Morgan fingerprint density at radius 3 is 2.29 bits per heavy atom. The summed E-state index contributed by atoms with van der Waals surface area (Å²) < 4.78 is 5.44. The highest BCUT2D eigenvalue weighted by Gasteiger charge is 2.35. The number of ether oxygens (including phenoxy) is 1. The molecule has 2 N–H and O–H groups in total. The second-order valence-corrected chi connectivity index (χ2v) is 8.04. The van der Waals surface area contributed by atoms with Crippen molar-refractivity contribution in [3.8, 4) is 0 Å². The molecule has 2 rings (SSSR count). The summed E-state index contributed by atoms with van der Waals surface area (Å²) in [6.07, 6.45) is 8.58. The van der Waals surface area contributed by atoms with Gasteiger partial charge in [-0.2, -0.15) is 0 Å². The second kappa shape index (κ2) is 7.43. The van der Waals surface area contributed by atoms with Crippen LogP contribution in [-0.2, 0) is 4.74 Å². The van der Waals surface area contributed by atoms with E-state index in [2.05, 4.69) is 26.1 Å². The first-order valence-electron chi connectivity index (χ1n) is 8.93. The highest BCUT2D eigenvalue weighted by Crippen LogP contribution is 2.40. The molecule has 3 heteroatoms. The molecule has 1 saturated heterocycles. The molecule has 0 atom stereocenters. The van der Waals surface area contributed by atoms with Gasteiger partial charge < -0.3 is 15.2 Å². The maximum Gasteiger partial charge on any atom is 0.0501 e. The van der Waals surface area contributed by atoms with Gasteiger partial charge in [-0.25, -0.2) is 0 Å². The van der Waals surface area contributed by atoms with Gasteiger partial charge in [0.05, 0.1) is 6.61 Å². The van der Waals surface area contributed by atoms with Gasteiger partial charge in [0, 0.05) is 31.2 Å². The van der Waals surface area contributed by atoms with E-state index in [9.17, 15) is 5.11 Å². The molecule has 2 fully saturated rings. The lowest BCUT2D eigenvalue weighted by atomic mass is 9.69. The molecule has 0 spiro atoms. The van der Waals surface area contributed by atoms with Gasteiger partial charge in [-0.3, -0.25) is 0 Å². The van der Waals surface area contributed by atoms with E-state index < -0.39 is 0 Å². The van der Waals surface area contributed by atoms with Crippen LogP contribution in [0.25, 0.3) is 0 Å². The van der Waals surface area contributed by atoms with E-state index in [1.807, 2.05) is 0 Å². The van der Waals surface area contributed by atoms with Crippen molar-refractivity contribution in [2.45, 2.75) is 71.8 Å². The number of aliphatic hydroxyl groups is 1. The summed E-state index contributed by atoms with van der Waals surface area (Å²) in [5.74, 6) is 0.885. The summed E-state index contributed by atoms with van der Waals surface area (Å²) in [6.45, 7) is 10.0. The summed E-state index contributed by atoms with van der Waals surface area (Å²) in [5.41, 5.74) is 0.565. The maximum absolute atomic E-state index is 9.76. The number of aliphatic hydroxyl groups excluding tert-OH is 1. The Labute approximate surface area is 130 Å². The van der Waals surface area contributed by atoms with Crippen molar-refractivity contribution in [2.75, 3.05) is 26.4 Å². The van der Waals surface area contributed by atoms with Crippen LogP contribution in [0.1, 0.15) is 65.7 Å². The highest BCUT2D eigenvalue weighted by atomic mass is 16.5. The van der Waals surface area contributed by atoms with Gasteiger partial charge in [-0.1, -0.05) is 27.2 Å². The molecule has 0 aromatic heterocycles. The summed E-state index contributed by atoms with van der Waals surface area (Å²) in [4.78, 5) is 0. The molecule has 3 nitrogen and oxygen atoms in total. The highest BCUT2D eigenvalue weighted by molar-refractivity contribution is 4.88. The van der Waals surface area contributed by atoms with E-state index in [-0.39, 0.29) is 5.41 Å². The fourth-order valence-corrected chi connectivity index (χ4v) is 3.92. The molecule has 0 unspecified atom stereocenters. The largest absolute Gasteiger partial charge is 0.396 e. The monoisotopic (exact) mass is 297 g/mol. The fraction of sp³-hybridized carbons (Fsp3) is 1.00. The van der Waals surface area contributed by atoms with Gasteiger partial charge in [0.2, 0.25) is 0 Å². The SMILES string of the molecule is CCC(C)(C)C1CCC(NCC2(CO)CCOCC2)CC1. The molecule has 124 valence electrons. The molecular weight excluding hydrogens is 262 g/mol. The number of hydrogen-bond acceptors (Lipinski definition) is 3. The Hall–Kier alpha value is -0.120. The topological polar surface area (TPSA) is 41.5 Å². The maximum atomic E-state index is 9.76. The van der Waals surface area contributed by atoms with Crippen LogP contribution in [0.4, 0.5) is 0 Å². The Bertz CT molecular complexity index is 302. The number of rotatable bonds is 6. The molecular formula is C18H35NO2. The predicted molar refractivity (Wildman–Crippen MR) is 87.4 cm³/mol. The van der Waals surface area contributed by atoms with Gasteiger partial charge in [0.15, 0.2) is 0 Å². The third-order valence-electron chi connectivity index (χ3n) is 6.40. The summed E-state index contributed by atoms with van der Waals surface area (Å²) in [6, 6.07) is 0.653. The standard InChI is InChI=1S/C18H35NO2/c1-4-17(2,3)15-5-7-16(8-6-15)19-13-18(14-20)9-11-21-12-10-18/h15-16,19-20H,4-14H2,1-3H3. The van der Waals surface area contributed by atoms with Crippen LogP contribution in [0.5, 0.6) is 0 Å². The first kappa shape index (κ1) is 17.2. The average molecular weight is 297 g/mol. The van der Waals surface area contributed by atoms with Gasteiger partial charge in [0.1, 0.15) is 0 Å². The molecule has 0 amide bonds. The van der Waals surface area contributed by atoms with E-state index in [0.29, 0.717) is 18.1 Å². The van der Waals surface area contributed by atoms with Gasteiger partial charge >= 0.3 is 0 Å². The zero-order valence-electron chi connectivity index (χ0n) is 14.3. The lowest BCUT2D eigenvalue weighted by Crippen LogP contribution is -2.46. The minimum absolute atomic E-state index is 0.0672. The first-order valence-corrected chi connectivity index (χ1v) is 8.93. The first-order chi connectivity index (χ1) is 10.0. The molecule has 0 radical (unpaired) electrons. The Kier molecular flexibility index (Phi) is 6.10. The van der Waals surface area contributed by atoms with Gasteiger partial charge in [0.25, 0.3) is 0 Å². The lowest BCUT2D eigenvalue weighted by molar-refractivity contribution is -0.0176. The van der Waals surface area contributed by atoms with Crippen LogP contribution >= 0.6 is 0 Å². The normalized spacial score (nSPS) is 30.3. The molecule has 0 bridgehead atoms. The van der Waals surface area contributed by atoms with Gasteiger partial charge in [-0.15, -0.1) is 0 Å². The number of nitrogens with one attached hydrogen (secondary N) is 1. The minimum Gasteiger partial charge on any atom is -0.396 e. The van der Waals surface area contributed by atoms with E-state index in [1.165, 1.54) is 32.1 Å². The fourth-order valence-electron chi connectivity index (χ4n) is 3.92. The average Bonchev–Trinajstić information content (AvgIpc) is 2.54. The number of hydrogen-bond donors (Lipinski definition) is 2. The van der Waals surface area contributed by atoms with E-state index in [4.69, 9.17) is 4.74 Å². The predicted octanol–water partition coefficient (Wildman–Crippen LogP) is 3.36. The Morgan fingerprint density at radius 2 is 1.76 bits per heavy atom.